The average Bonchev–Trinajstić information content (AvgIpc) is 3.07. The molecule has 0 radical (unpaired) electrons. The lowest BCUT2D eigenvalue weighted by Gasteiger charge is -2.31. The molecule has 2 unspecified atom stereocenters. The van der Waals surface area contributed by atoms with Crippen LogP contribution in [0.2, 0.25) is 0 Å². The van der Waals surface area contributed by atoms with Gasteiger partial charge in [0.1, 0.15) is 16.5 Å². The maximum absolute atomic E-state index is 6.04. The van der Waals surface area contributed by atoms with Gasteiger partial charge in [0.15, 0.2) is 0 Å². The first-order valence-corrected chi connectivity index (χ1v) is 8.43. The van der Waals surface area contributed by atoms with Gasteiger partial charge in [-0.3, -0.25) is 4.90 Å². The van der Waals surface area contributed by atoms with Gasteiger partial charge in [0, 0.05) is 6.04 Å². The van der Waals surface area contributed by atoms with E-state index in [1.54, 1.807) is 11.3 Å². The standard InChI is InChI=1S/C15H20N4S/c16-14-11-6-8-20-15(11)18-13(17-14)9-19-7-5-10-3-1-2-4-12(10)19/h6,8,10,12H,1-5,7,9H2,(H2,16,17,18). The Hall–Kier alpha value is -1.20. The van der Waals surface area contributed by atoms with E-state index in [4.69, 9.17) is 5.73 Å². The fourth-order valence-corrected chi connectivity index (χ4v) is 4.67. The van der Waals surface area contributed by atoms with Crippen molar-refractivity contribution in [1.29, 1.82) is 0 Å². The van der Waals surface area contributed by atoms with Gasteiger partial charge in [-0.25, -0.2) is 9.97 Å². The summed E-state index contributed by atoms with van der Waals surface area (Å²) >= 11 is 1.65. The highest BCUT2D eigenvalue weighted by Crippen LogP contribution is 2.36. The summed E-state index contributed by atoms with van der Waals surface area (Å²) in [5.41, 5.74) is 6.04. The first-order valence-electron chi connectivity index (χ1n) is 7.55. The lowest BCUT2D eigenvalue weighted by molar-refractivity contribution is 0.173. The summed E-state index contributed by atoms with van der Waals surface area (Å²) in [5, 5.41) is 3.03. The summed E-state index contributed by atoms with van der Waals surface area (Å²) < 4.78 is 0. The molecule has 0 spiro atoms. The van der Waals surface area contributed by atoms with E-state index in [0.717, 1.165) is 34.5 Å². The van der Waals surface area contributed by atoms with Crippen LogP contribution in [0.4, 0.5) is 5.82 Å². The first kappa shape index (κ1) is 12.5. The molecule has 0 aromatic carbocycles. The van der Waals surface area contributed by atoms with E-state index >= 15 is 0 Å². The van der Waals surface area contributed by atoms with Gasteiger partial charge < -0.3 is 5.73 Å². The summed E-state index contributed by atoms with van der Waals surface area (Å²) in [6, 6.07) is 2.76. The molecule has 1 saturated heterocycles. The van der Waals surface area contributed by atoms with E-state index in [2.05, 4.69) is 14.9 Å². The molecule has 4 nitrogen and oxygen atoms in total. The minimum atomic E-state index is 0.630. The van der Waals surface area contributed by atoms with E-state index in [-0.39, 0.29) is 0 Å². The molecule has 2 fully saturated rings. The third-order valence-electron chi connectivity index (χ3n) is 4.87. The Labute approximate surface area is 123 Å². The van der Waals surface area contributed by atoms with Crippen LogP contribution in [0, 0.1) is 5.92 Å². The number of fused-ring (bicyclic) bond motifs is 2. The van der Waals surface area contributed by atoms with E-state index < -0.39 is 0 Å². The number of nitrogen functional groups attached to an aromatic ring is 1. The average molecular weight is 288 g/mol. The summed E-state index contributed by atoms with van der Waals surface area (Å²) in [5.74, 6) is 2.43. The Bertz CT molecular complexity index is 623. The third-order valence-corrected chi connectivity index (χ3v) is 5.68. The van der Waals surface area contributed by atoms with Crippen molar-refractivity contribution in [3.05, 3.63) is 17.3 Å². The lowest BCUT2D eigenvalue weighted by atomic mass is 9.85. The molecular formula is C15H20N4S. The van der Waals surface area contributed by atoms with Crippen molar-refractivity contribution < 1.29 is 0 Å². The Kier molecular flexibility index (Phi) is 3.11. The number of thiophene rings is 1. The SMILES string of the molecule is Nc1nc(CN2CCC3CCCCC32)nc2sccc12. The summed E-state index contributed by atoms with van der Waals surface area (Å²) in [6.45, 7) is 2.06. The zero-order chi connectivity index (χ0) is 13.5. The van der Waals surface area contributed by atoms with Gasteiger partial charge >= 0.3 is 0 Å². The number of hydrogen-bond acceptors (Lipinski definition) is 5. The fourth-order valence-electron chi connectivity index (χ4n) is 3.88. The first-order chi connectivity index (χ1) is 9.81. The van der Waals surface area contributed by atoms with E-state index in [1.807, 2.05) is 11.4 Å². The molecule has 2 atom stereocenters. The number of rotatable bonds is 2. The molecule has 3 heterocycles. The van der Waals surface area contributed by atoms with Crippen LogP contribution in [-0.4, -0.2) is 27.5 Å². The molecule has 106 valence electrons. The molecule has 1 aliphatic carbocycles. The predicted octanol–water partition coefficient (Wildman–Crippen LogP) is 3.04. The molecule has 1 aliphatic heterocycles. The molecule has 2 aromatic heterocycles. The molecule has 2 aliphatic rings. The summed E-state index contributed by atoms with van der Waals surface area (Å²) in [4.78, 5) is 12.8. The summed E-state index contributed by atoms with van der Waals surface area (Å²) in [7, 11) is 0. The predicted molar refractivity (Wildman–Crippen MR) is 82.6 cm³/mol. The van der Waals surface area contributed by atoms with E-state index in [9.17, 15) is 0 Å². The molecule has 4 rings (SSSR count). The number of aromatic nitrogens is 2. The molecule has 20 heavy (non-hydrogen) atoms. The largest absolute Gasteiger partial charge is 0.383 e. The highest BCUT2D eigenvalue weighted by molar-refractivity contribution is 7.16. The van der Waals surface area contributed by atoms with Crippen molar-refractivity contribution in [3.63, 3.8) is 0 Å². The van der Waals surface area contributed by atoms with Crippen molar-refractivity contribution in [1.82, 2.24) is 14.9 Å². The maximum atomic E-state index is 6.04. The molecule has 0 bridgehead atoms. The third kappa shape index (κ3) is 2.09. The minimum Gasteiger partial charge on any atom is -0.383 e. The second-order valence-corrected chi connectivity index (χ2v) is 6.93. The van der Waals surface area contributed by atoms with Crippen molar-refractivity contribution in [2.75, 3.05) is 12.3 Å². The van der Waals surface area contributed by atoms with Gasteiger partial charge in [-0.15, -0.1) is 11.3 Å². The van der Waals surface area contributed by atoms with Crippen LogP contribution in [0.3, 0.4) is 0 Å². The number of nitrogens with zero attached hydrogens (tertiary/aromatic N) is 3. The molecule has 0 amide bonds. The van der Waals surface area contributed by atoms with Crippen molar-refractivity contribution in [3.8, 4) is 0 Å². The second-order valence-electron chi connectivity index (χ2n) is 6.04. The minimum absolute atomic E-state index is 0.630. The zero-order valence-electron chi connectivity index (χ0n) is 11.6. The lowest BCUT2D eigenvalue weighted by Crippen LogP contribution is -2.34. The summed E-state index contributed by atoms with van der Waals surface area (Å²) in [6.07, 6.45) is 6.90. The monoisotopic (exact) mass is 288 g/mol. The fraction of sp³-hybridized carbons (Fsp3) is 0.600. The Morgan fingerprint density at radius 2 is 2.15 bits per heavy atom. The Morgan fingerprint density at radius 1 is 1.25 bits per heavy atom. The van der Waals surface area contributed by atoms with Crippen LogP contribution in [-0.2, 0) is 6.54 Å². The van der Waals surface area contributed by atoms with Gasteiger partial charge in [0.2, 0.25) is 0 Å². The maximum Gasteiger partial charge on any atom is 0.146 e. The Balaban J connectivity index is 1.58. The zero-order valence-corrected chi connectivity index (χ0v) is 12.4. The van der Waals surface area contributed by atoms with Crippen molar-refractivity contribution >= 4 is 27.4 Å². The second kappa shape index (κ2) is 4.97. The topological polar surface area (TPSA) is 55.0 Å². The van der Waals surface area contributed by atoms with Gasteiger partial charge in [0.05, 0.1) is 11.9 Å². The normalized spacial score (nSPS) is 27.0. The number of anilines is 1. The van der Waals surface area contributed by atoms with Crippen molar-refractivity contribution in [2.24, 2.45) is 5.92 Å². The van der Waals surface area contributed by atoms with Gasteiger partial charge in [-0.2, -0.15) is 0 Å². The molecule has 1 saturated carbocycles. The van der Waals surface area contributed by atoms with Crippen LogP contribution in [0.25, 0.3) is 10.2 Å². The molecule has 5 heteroatoms. The number of nitrogens with two attached hydrogens (primary N) is 1. The molecule has 2 N–H and O–H groups in total. The van der Waals surface area contributed by atoms with Crippen LogP contribution in [0.15, 0.2) is 11.4 Å². The van der Waals surface area contributed by atoms with Crippen LogP contribution in [0.5, 0.6) is 0 Å². The van der Waals surface area contributed by atoms with E-state index in [1.165, 1.54) is 38.6 Å². The Morgan fingerprint density at radius 3 is 3.10 bits per heavy atom. The highest BCUT2D eigenvalue weighted by Gasteiger charge is 2.35. The van der Waals surface area contributed by atoms with E-state index in [0.29, 0.717) is 5.82 Å². The van der Waals surface area contributed by atoms with Crippen molar-refractivity contribution in [2.45, 2.75) is 44.7 Å². The van der Waals surface area contributed by atoms with Gasteiger partial charge in [0.25, 0.3) is 0 Å². The van der Waals surface area contributed by atoms with Gasteiger partial charge in [-0.1, -0.05) is 12.8 Å². The molecular weight excluding hydrogens is 268 g/mol. The number of likely N-dealkylation sites (tertiary alicyclic amines) is 1. The van der Waals surface area contributed by atoms with Crippen LogP contribution in [0.1, 0.15) is 37.9 Å². The van der Waals surface area contributed by atoms with Gasteiger partial charge in [-0.05, 0) is 43.2 Å². The van der Waals surface area contributed by atoms with Crippen LogP contribution >= 0.6 is 11.3 Å². The molecule has 2 aromatic rings. The number of hydrogen-bond donors (Lipinski definition) is 1. The quantitative estimate of drug-likeness (QED) is 0.923. The van der Waals surface area contributed by atoms with Crippen LogP contribution < -0.4 is 5.73 Å². The highest BCUT2D eigenvalue weighted by atomic mass is 32.1. The smallest absolute Gasteiger partial charge is 0.146 e.